The number of aromatic nitrogens is 3. The van der Waals surface area contributed by atoms with Gasteiger partial charge in [-0.15, -0.1) is 24.8 Å². The van der Waals surface area contributed by atoms with Crippen LogP contribution in [0, 0.1) is 0 Å². The molecule has 0 bridgehead atoms. The highest BCUT2D eigenvalue weighted by Crippen LogP contribution is 2.23. The van der Waals surface area contributed by atoms with Crippen LogP contribution in [0.15, 0.2) is 67.1 Å². The van der Waals surface area contributed by atoms with Crippen molar-refractivity contribution >= 4 is 36.8 Å². The minimum absolute atomic E-state index is 0. The first-order valence-corrected chi connectivity index (χ1v) is 9.43. The van der Waals surface area contributed by atoms with Crippen molar-refractivity contribution in [3.63, 3.8) is 0 Å². The molecule has 8 heteroatoms. The smallest absolute Gasteiger partial charge is 0.246 e. The molecular formula is C22H25Cl2N5O. The van der Waals surface area contributed by atoms with Crippen LogP contribution in [0.5, 0.6) is 0 Å². The van der Waals surface area contributed by atoms with Crippen molar-refractivity contribution in [2.75, 3.05) is 13.1 Å². The van der Waals surface area contributed by atoms with Crippen molar-refractivity contribution in [2.24, 2.45) is 5.73 Å². The van der Waals surface area contributed by atoms with Crippen LogP contribution in [0.3, 0.4) is 0 Å². The summed E-state index contributed by atoms with van der Waals surface area (Å²) >= 11 is 0. The van der Waals surface area contributed by atoms with Crippen LogP contribution in [0.4, 0.5) is 0 Å². The van der Waals surface area contributed by atoms with Gasteiger partial charge in [0, 0.05) is 54.9 Å². The Morgan fingerprint density at radius 3 is 2.63 bits per heavy atom. The molecule has 0 aliphatic carbocycles. The van der Waals surface area contributed by atoms with Crippen LogP contribution in [0.25, 0.3) is 17.3 Å². The Labute approximate surface area is 188 Å². The topological polar surface area (TPSA) is 77.0 Å². The third kappa shape index (κ3) is 5.69. The van der Waals surface area contributed by atoms with Crippen LogP contribution in [-0.2, 0) is 11.3 Å². The summed E-state index contributed by atoms with van der Waals surface area (Å²) < 4.78 is 1.90. The average molecular weight is 446 g/mol. The third-order valence-corrected chi connectivity index (χ3v) is 4.85. The molecule has 4 rings (SSSR count). The van der Waals surface area contributed by atoms with Crippen molar-refractivity contribution in [1.82, 2.24) is 19.7 Å². The van der Waals surface area contributed by atoms with Gasteiger partial charge >= 0.3 is 0 Å². The molecule has 0 radical (unpaired) electrons. The fraction of sp³-hybridized carbons (Fsp3) is 0.227. The summed E-state index contributed by atoms with van der Waals surface area (Å²) in [5.74, 6) is -0.0131. The summed E-state index contributed by atoms with van der Waals surface area (Å²) in [5.41, 5.74) is 9.70. The molecule has 2 N–H and O–H groups in total. The van der Waals surface area contributed by atoms with E-state index in [1.165, 1.54) is 5.56 Å². The number of carbonyl (C=O) groups is 1. The molecule has 30 heavy (non-hydrogen) atoms. The maximum atomic E-state index is 12.5. The second-order valence-electron chi connectivity index (χ2n) is 7.02. The number of hydrogen-bond acceptors (Lipinski definition) is 4. The molecule has 1 aliphatic heterocycles. The van der Waals surface area contributed by atoms with Crippen LogP contribution in [0.2, 0.25) is 0 Å². The summed E-state index contributed by atoms with van der Waals surface area (Å²) in [6.45, 7) is 2.00. The van der Waals surface area contributed by atoms with E-state index < -0.39 is 0 Å². The van der Waals surface area contributed by atoms with E-state index in [9.17, 15) is 4.79 Å². The molecule has 3 heterocycles. The molecule has 1 aromatic carbocycles. The number of amides is 1. The van der Waals surface area contributed by atoms with Crippen molar-refractivity contribution in [3.05, 3.63) is 78.3 Å². The summed E-state index contributed by atoms with van der Waals surface area (Å²) in [6.07, 6.45) is 9.79. The van der Waals surface area contributed by atoms with Gasteiger partial charge in [0.15, 0.2) is 0 Å². The minimum Gasteiger partial charge on any atom is -0.338 e. The van der Waals surface area contributed by atoms with E-state index in [1.807, 2.05) is 47.3 Å². The number of nitrogens with zero attached hydrogens (tertiary/aromatic N) is 4. The second kappa shape index (κ2) is 10.9. The monoisotopic (exact) mass is 445 g/mol. The summed E-state index contributed by atoms with van der Waals surface area (Å²) in [5, 5.41) is 4.74. The first-order valence-electron chi connectivity index (χ1n) is 9.43. The summed E-state index contributed by atoms with van der Waals surface area (Å²) in [6, 6.07) is 14.1. The Kier molecular flexibility index (Phi) is 8.59. The quantitative estimate of drug-likeness (QED) is 0.610. The van der Waals surface area contributed by atoms with Gasteiger partial charge in [0.05, 0.1) is 6.54 Å². The van der Waals surface area contributed by atoms with Gasteiger partial charge in [-0.25, -0.2) is 0 Å². The van der Waals surface area contributed by atoms with Gasteiger partial charge in [-0.05, 0) is 30.2 Å². The fourth-order valence-corrected chi connectivity index (χ4v) is 3.39. The molecule has 0 saturated carbocycles. The number of pyridine rings is 1. The molecule has 1 fully saturated rings. The van der Waals surface area contributed by atoms with Crippen LogP contribution >= 0.6 is 24.8 Å². The highest BCUT2D eigenvalue weighted by molar-refractivity contribution is 5.93. The first-order chi connectivity index (χ1) is 13.7. The van der Waals surface area contributed by atoms with Gasteiger partial charge in [-0.3, -0.25) is 14.5 Å². The molecule has 0 spiro atoms. The van der Waals surface area contributed by atoms with E-state index in [2.05, 4.69) is 17.1 Å². The number of likely N-dealkylation sites (tertiary alicyclic amines) is 1. The lowest BCUT2D eigenvalue weighted by molar-refractivity contribution is -0.124. The highest BCUT2D eigenvalue weighted by atomic mass is 35.5. The maximum Gasteiger partial charge on any atom is 0.246 e. The zero-order valence-electron chi connectivity index (χ0n) is 16.4. The highest BCUT2D eigenvalue weighted by Gasteiger charge is 2.22. The van der Waals surface area contributed by atoms with Crippen molar-refractivity contribution in [2.45, 2.75) is 19.0 Å². The predicted octanol–water partition coefficient (Wildman–Crippen LogP) is 3.41. The Balaban J connectivity index is 0.00000160. The lowest BCUT2D eigenvalue weighted by Crippen LogP contribution is -2.30. The van der Waals surface area contributed by atoms with Gasteiger partial charge in [0.2, 0.25) is 5.91 Å². The van der Waals surface area contributed by atoms with Gasteiger partial charge in [0.25, 0.3) is 0 Å². The number of hydrogen-bond donors (Lipinski definition) is 1. The van der Waals surface area contributed by atoms with E-state index in [1.54, 1.807) is 23.4 Å². The summed E-state index contributed by atoms with van der Waals surface area (Å²) in [4.78, 5) is 18.4. The molecule has 2 aromatic heterocycles. The second-order valence-corrected chi connectivity index (χ2v) is 7.02. The molecule has 6 nitrogen and oxygen atoms in total. The Bertz CT molecular complexity index is 976. The minimum atomic E-state index is -0.0131. The lowest BCUT2D eigenvalue weighted by Gasteiger charge is -2.12. The SMILES string of the molecule is Cl.Cl.N[C@H]1CCN(C(=O)/C=C/c2cn(Cc3ccccc3)nc2-c2cccnc2)C1. The number of nitrogens with two attached hydrogens (primary N) is 1. The normalized spacial score (nSPS) is 15.6. The zero-order valence-corrected chi connectivity index (χ0v) is 18.1. The zero-order chi connectivity index (χ0) is 19.3. The molecule has 3 aromatic rings. The van der Waals surface area contributed by atoms with Gasteiger partial charge in [0.1, 0.15) is 5.69 Å². The van der Waals surface area contributed by atoms with E-state index in [-0.39, 0.29) is 36.8 Å². The molecule has 1 amide bonds. The lowest BCUT2D eigenvalue weighted by atomic mass is 10.1. The number of halogens is 2. The maximum absolute atomic E-state index is 12.5. The predicted molar refractivity (Wildman–Crippen MR) is 124 cm³/mol. The molecule has 1 aliphatic rings. The standard InChI is InChI=1S/C22H23N5O.2ClH/c23-20-10-12-26(16-20)21(28)9-8-19-15-27(14-17-5-2-1-3-6-17)25-22(19)18-7-4-11-24-13-18;;/h1-9,11,13,15,20H,10,12,14,16,23H2;2*1H/b9-8+;;/t20-;;/m0../s1. The molecule has 1 saturated heterocycles. The number of rotatable bonds is 5. The van der Waals surface area contributed by atoms with Crippen LogP contribution < -0.4 is 5.73 Å². The largest absolute Gasteiger partial charge is 0.338 e. The van der Waals surface area contributed by atoms with Gasteiger partial charge in [-0.2, -0.15) is 5.10 Å². The van der Waals surface area contributed by atoms with Crippen molar-refractivity contribution < 1.29 is 4.79 Å². The van der Waals surface area contributed by atoms with Crippen molar-refractivity contribution in [1.29, 1.82) is 0 Å². The van der Waals surface area contributed by atoms with Gasteiger partial charge in [-0.1, -0.05) is 30.3 Å². The Hall–Kier alpha value is -2.67. The fourth-order valence-electron chi connectivity index (χ4n) is 3.39. The molecule has 1 atom stereocenters. The average Bonchev–Trinajstić information content (AvgIpc) is 3.34. The van der Waals surface area contributed by atoms with E-state index >= 15 is 0 Å². The Morgan fingerprint density at radius 2 is 1.97 bits per heavy atom. The molecule has 0 unspecified atom stereocenters. The van der Waals surface area contributed by atoms with Crippen molar-refractivity contribution in [3.8, 4) is 11.3 Å². The summed E-state index contributed by atoms with van der Waals surface area (Å²) in [7, 11) is 0. The number of benzene rings is 1. The third-order valence-electron chi connectivity index (χ3n) is 4.85. The van der Waals surface area contributed by atoms with E-state index in [4.69, 9.17) is 10.8 Å². The van der Waals surface area contributed by atoms with E-state index in [0.717, 1.165) is 23.2 Å². The molecular weight excluding hydrogens is 421 g/mol. The number of carbonyl (C=O) groups excluding carboxylic acids is 1. The van der Waals surface area contributed by atoms with Crippen LogP contribution in [0.1, 0.15) is 17.5 Å². The van der Waals surface area contributed by atoms with Crippen LogP contribution in [-0.4, -0.2) is 44.7 Å². The first kappa shape index (κ1) is 23.6. The Morgan fingerprint density at radius 1 is 1.17 bits per heavy atom. The van der Waals surface area contributed by atoms with Gasteiger partial charge < -0.3 is 10.6 Å². The van der Waals surface area contributed by atoms with E-state index in [0.29, 0.717) is 19.6 Å². The molecule has 158 valence electrons.